The first-order valence-electron chi connectivity index (χ1n) is 4.83. The molecule has 0 spiro atoms. The Bertz CT molecular complexity index is 386. The lowest BCUT2D eigenvalue weighted by molar-refractivity contribution is 0.0948. The van der Waals surface area contributed by atoms with Gasteiger partial charge in [-0.2, -0.15) is 0 Å². The lowest BCUT2D eigenvalue weighted by Crippen LogP contribution is -2.29. The second kappa shape index (κ2) is 6.81. The second-order valence-corrected chi connectivity index (χ2v) is 6.00. The third-order valence-electron chi connectivity index (χ3n) is 2.05. The normalized spacial score (nSPS) is 12.2. The van der Waals surface area contributed by atoms with Gasteiger partial charge in [0, 0.05) is 20.5 Å². The zero-order chi connectivity index (χ0) is 12.1. The Balaban J connectivity index is 2.69. The summed E-state index contributed by atoms with van der Waals surface area (Å²) in [6.45, 7) is 2.59. The van der Waals surface area contributed by atoms with Crippen LogP contribution in [0.3, 0.4) is 0 Å². The molecule has 0 heterocycles. The van der Waals surface area contributed by atoms with Gasteiger partial charge in [-0.15, -0.1) is 11.6 Å². The average molecular weight is 416 g/mol. The highest BCUT2D eigenvalue weighted by molar-refractivity contribution is 14.1. The maximum absolute atomic E-state index is 11.9. The summed E-state index contributed by atoms with van der Waals surface area (Å²) < 4.78 is 1.85. The molecule has 1 aromatic rings. The van der Waals surface area contributed by atoms with Crippen LogP contribution in [0.1, 0.15) is 17.3 Å². The third kappa shape index (κ3) is 4.22. The molecule has 16 heavy (non-hydrogen) atoms. The summed E-state index contributed by atoms with van der Waals surface area (Å²) in [5.41, 5.74) is 0.661. The third-order valence-corrected chi connectivity index (χ3v) is 3.94. The molecule has 0 aliphatic rings. The molecular weight excluding hydrogens is 404 g/mol. The Hall–Kier alpha value is 0.190. The van der Waals surface area contributed by atoms with Crippen molar-refractivity contribution in [1.29, 1.82) is 0 Å². The maximum Gasteiger partial charge on any atom is 0.252 e. The van der Waals surface area contributed by atoms with Crippen LogP contribution >= 0.6 is 50.1 Å². The SMILES string of the molecule is CC(CCl)CNC(=O)c1cc(I)ccc1Br. The molecule has 0 saturated carbocycles. The van der Waals surface area contributed by atoms with Crippen LogP contribution in [0.15, 0.2) is 22.7 Å². The number of amides is 1. The summed E-state index contributed by atoms with van der Waals surface area (Å²) in [6.07, 6.45) is 0. The molecule has 1 amide bonds. The molecule has 1 rings (SSSR count). The summed E-state index contributed by atoms with van der Waals surface area (Å²) in [4.78, 5) is 11.9. The molecule has 0 radical (unpaired) electrons. The van der Waals surface area contributed by atoms with Gasteiger partial charge in [0.1, 0.15) is 0 Å². The molecular formula is C11H12BrClINO. The summed E-state index contributed by atoms with van der Waals surface area (Å²) in [5, 5.41) is 2.86. The van der Waals surface area contributed by atoms with Crippen LogP contribution in [0, 0.1) is 9.49 Å². The number of hydrogen-bond donors (Lipinski definition) is 1. The number of benzene rings is 1. The van der Waals surface area contributed by atoms with Crippen LogP contribution in [0.4, 0.5) is 0 Å². The van der Waals surface area contributed by atoms with E-state index in [1.807, 2.05) is 25.1 Å². The van der Waals surface area contributed by atoms with Crippen LogP contribution in [-0.4, -0.2) is 18.3 Å². The summed E-state index contributed by atoms with van der Waals surface area (Å²) in [7, 11) is 0. The van der Waals surface area contributed by atoms with Crippen molar-refractivity contribution in [3.63, 3.8) is 0 Å². The smallest absolute Gasteiger partial charge is 0.252 e. The largest absolute Gasteiger partial charge is 0.352 e. The van der Waals surface area contributed by atoms with Crippen LogP contribution in [0.5, 0.6) is 0 Å². The van der Waals surface area contributed by atoms with Gasteiger partial charge in [0.15, 0.2) is 0 Å². The maximum atomic E-state index is 11.9. The zero-order valence-electron chi connectivity index (χ0n) is 8.77. The van der Waals surface area contributed by atoms with Crippen molar-refractivity contribution in [2.24, 2.45) is 5.92 Å². The standard InChI is InChI=1S/C11H12BrClINO/c1-7(5-13)6-15-11(16)9-4-8(14)2-3-10(9)12/h2-4,7H,5-6H2,1H3,(H,15,16). The highest BCUT2D eigenvalue weighted by Crippen LogP contribution is 2.19. The number of alkyl halides is 1. The number of hydrogen-bond acceptors (Lipinski definition) is 1. The van der Waals surface area contributed by atoms with E-state index in [4.69, 9.17) is 11.6 Å². The van der Waals surface area contributed by atoms with Gasteiger partial charge in [-0.25, -0.2) is 0 Å². The van der Waals surface area contributed by atoms with Crippen LogP contribution < -0.4 is 5.32 Å². The van der Waals surface area contributed by atoms with E-state index >= 15 is 0 Å². The number of carbonyl (C=O) groups excluding carboxylic acids is 1. The van der Waals surface area contributed by atoms with E-state index < -0.39 is 0 Å². The van der Waals surface area contributed by atoms with E-state index in [1.165, 1.54) is 0 Å². The van der Waals surface area contributed by atoms with E-state index in [9.17, 15) is 4.79 Å². The van der Waals surface area contributed by atoms with Crippen molar-refractivity contribution in [3.8, 4) is 0 Å². The zero-order valence-corrected chi connectivity index (χ0v) is 13.3. The van der Waals surface area contributed by atoms with E-state index in [0.29, 0.717) is 18.0 Å². The van der Waals surface area contributed by atoms with E-state index in [2.05, 4.69) is 43.8 Å². The molecule has 0 aliphatic heterocycles. The minimum atomic E-state index is -0.0673. The first-order valence-corrected chi connectivity index (χ1v) is 7.24. The fourth-order valence-electron chi connectivity index (χ4n) is 1.09. The molecule has 1 unspecified atom stereocenters. The van der Waals surface area contributed by atoms with E-state index in [1.54, 1.807) is 0 Å². The van der Waals surface area contributed by atoms with E-state index in [0.717, 1.165) is 8.04 Å². The van der Waals surface area contributed by atoms with Gasteiger partial charge in [-0.3, -0.25) is 4.79 Å². The van der Waals surface area contributed by atoms with Crippen molar-refractivity contribution in [2.45, 2.75) is 6.92 Å². The molecule has 0 saturated heterocycles. The molecule has 0 aromatic heterocycles. The van der Waals surface area contributed by atoms with Crippen molar-refractivity contribution in [2.75, 3.05) is 12.4 Å². The monoisotopic (exact) mass is 415 g/mol. The van der Waals surface area contributed by atoms with Gasteiger partial charge in [-0.05, 0) is 62.6 Å². The quantitative estimate of drug-likeness (QED) is 0.589. The number of nitrogens with one attached hydrogen (secondary N) is 1. The summed E-state index contributed by atoms with van der Waals surface area (Å²) in [6, 6.07) is 5.68. The molecule has 5 heteroatoms. The predicted molar refractivity (Wildman–Crippen MR) is 79.1 cm³/mol. The molecule has 1 aromatic carbocycles. The Morgan fingerprint density at radius 2 is 2.31 bits per heavy atom. The van der Waals surface area contributed by atoms with E-state index in [-0.39, 0.29) is 11.8 Å². The summed E-state index contributed by atoms with van der Waals surface area (Å²) in [5.74, 6) is 0.767. The van der Waals surface area contributed by atoms with Crippen molar-refractivity contribution < 1.29 is 4.79 Å². The highest BCUT2D eigenvalue weighted by atomic mass is 127. The van der Waals surface area contributed by atoms with Crippen LogP contribution in [-0.2, 0) is 0 Å². The van der Waals surface area contributed by atoms with Gasteiger partial charge < -0.3 is 5.32 Å². The molecule has 1 atom stereocenters. The Morgan fingerprint density at radius 3 is 2.94 bits per heavy atom. The van der Waals surface area contributed by atoms with Gasteiger partial charge in [0.05, 0.1) is 5.56 Å². The number of carbonyl (C=O) groups is 1. The Morgan fingerprint density at radius 1 is 1.62 bits per heavy atom. The van der Waals surface area contributed by atoms with Gasteiger partial charge in [-0.1, -0.05) is 6.92 Å². The number of rotatable bonds is 4. The van der Waals surface area contributed by atoms with Gasteiger partial charge in [0.25, 0.3) is 5.91 Å². The summed E-state index contributed by atoms with van der Waals surface area (Å²) >= 11 is 11.2. The Kier molecular flexibility index (Phi) is 6.07. The van der Waals surface area contributed by atoms with Crippen LogP contribution in [0.2, 0.25) is 0 Å². The average Bonchev–Trinajstić information content (AvgIpc) is 2.28. The van der Waals surface area contributed by atoms with Crippen molar-refractivity contribution in [1.82, 2.24) is 5.32 Å². The minimum absolute atomic E-state index is 0.0673. The van der Waals surface area contributed by atoms with Crippen molar-refractivity contribution in [3.05, 3.63) is 31.8 Å². The lowest BCUT2D eigenvalue weighted by atomic mass is 10.2. The molecule has 0 fully saturated rings. The fourth-order valence-corrected chi connectivity index (χ4v) is 2.12. The Labute approximate surface area is 122 Å². The van der Waals surface area contributed by atoms with Crippen LogP contribution in [0.25, 0.3) is 0 Å². The second-order valence-electron chi connectivity index (χ2n) is 3.59. The first-order chi connectivity index (χ1) is 7.54. The molecule has 0 aliphatic carbocycles. The predicted octanol–water partition coefficient (Wildman–Crippen LogP) is 3.66. The fraction of sp³-hybridized carbons (Fsp3) is 0.364. The molecule has 88 valence electrons. The topological polar surface area (TPSA) is 29.1 Å². The van der Waals surface area contributed by atoms with Gasteiger partial charge in [0.2, 0.25) is 0 Å². The molecule has 0 bridgehead atoms. The van der Waals surface area contributed by atoms with Gasteiger partial charge >= 0.3 is 0 Å². The highest BCUT2D eigenvalue weighted by Gasteiger charge is 2.11. The van der Waals surface area contributed by atoms with Crippen molar-refractivity contribution >= 4 is 56.0 Å². The molecule has 1 N–H and O–H groups in total. The first kappa shape index (κ1) is 14.3. The minimum Gasteiger partial charge on any atom is -0.352 e. The lowest BCUT2D eigenvalue weighted by Gasteiger charge is -2.10. The number of halogens is 3. The molecule has 2 nitrogen and oxygen atoms in total.